The fourth-order valence-corrected chi connectivity index (χ4v) is 3.02. The van der Waals surface area contributed by atoms with E-state index in [1.54, 1.807) is 42.5 Å². The molecular weight excluding hydrogens is 390 g/mol. The number of ether oxygens (including phenoxy) is 1. The third kappa shape index (κ3) is 3.90. The number of amides is 5. The molecule has 9 nitrogen and oxygen atoms in total. The summed E-state index contributed by atoms with van der Waals surface area (Å²) >= 11 is 0. The molecular formula is C21H19N3O6. The highest BCUT2D eigenvalue weighted by Crippen LogP contribution is 2.26. The lowest BCUT2D eigenvalue weighted by atomic mass is 10.1. The number of carbonyl (C=O) groups is 5. The normalized spacial score (nSPS) is 14.5. The summed E-state index contributed by atoms with van der Waals surface area (Å²) < 4.78 is 5.34. The molecule has 0 bridgehead atoms. The van der Waals surface area contributed by atoms with Crippen LogP contribution in [-0.2, 0) is 14.3 Å². The first kappa shape index (κ1) is 20.7. The summed E-state index contributed by atoms with van der Waals surface area (Å²) in [6.07, 6.45) is -1.45. The average Bonchev–Trinajstić information content (AvgIpc) is 3.02. The van der Waals surface area contributed by atoms with E-state index in [2.05, 4.69) is 10.6 Å². The predicted molar refractivity (Wildman–Crippen MR) is 104 cm³/mol. The molecule has 1 aliphatic heterocycles. The Balaban J connectivity index is 1.82. The van der Waals surface area contributed by atoms with Crippen molar-refractivity contribution in [2.75, 3.05) is 7.05 Å². The third-order valence-corrected chi connectivity index (χ3v) is 4.59. The van der Waals surface area contributed by atoms with E-state index >= 15 is 0 Å². The Kier molecular flexibility index (Phi) is 5.91. The van der Waals surface area contributed by atoms with Gasteiger partial charge in [0, 0.05) is 12.6 Å². The summed E-state index contributed by atoms with van der Waals surface area (Å²) in [5, 5.41) is 4.30. The van der Waals surface area contributed by atoms with E-state index in [9.17, 15) is 24.0 Å². The summed E-state index contributed by atoms with van der Waals surface area (Å²) in [6.45, 7) is 1.34. The molecule has 1 heterocycles. The van der Waals surface area contributed by atoms with Crippen LogP contribution in [0.1, 0.15) is 39.3 Å². The zero-order chi connectivity index (χ0) is 21.8. The molecule has 2 N–H and O–H groups in total. The lowest BCUT2D eigenvalue weighted by molar-refractivity contribution is -0.159. The second-order valence-corrected chi connectivity index (χ2v) is 6.50. The van der Waals surface area contributed by atoms with Crippen molar-refractivity contribution in [3.05, 3.63) is 71.3 Å². The monoisotopic (exact) mass is 409 g/mol. The highest BCUT2D eigenvalue weighted by molar-refractivity contribution is 6.22. The standard InChI is InChI=1S/C21H19N3O6/c1-12(24-18(26)14-10-6-7-11-15(14)19(24)27)20(28)30-16(13-8-4-3-5-9-13)17(25)23-21(29)22-2/h3-12,16H,1-2H3,(H2,22,23,25,29)/t12-,16-/m0/s1. The van der Waals surface area contributed by atoms with Gasteiger partial charge in [-0.3, -0.25) is 24.6 Å². The third-order valence-electron chi connectivity index (χ3n) is 4.59. The second-order valence-electron chi connectivity index (χ2n) is 6.50. The average molecular weight is 409 g/mol. The second kappa shape index (κ2) is 8.56. The smallest absolute Gasteiger partial charge is 0.330 e. The van der Waals surface area contributed by atoms with Crippen LogP contribution in [0.25, 0.3) is 0 Å². The van der Waals surface area contributed by atoms with E-state index in [4.69, 9.17) is 4.74 Å². The Morgan fingerprint density at radius 2 is 1.43 bits per heavy atom. The number of carbonyl (C=O) groups excluding carboxylic acids is 5. The molecule has 2 aromatic carbocycles. The summed E-state index contributed by atoms with van der Waals surface area (Å²) in [4.78, 5) is 62.8. The summed E-state index contributed by atoms with van der Waals surface area (Å²) in [5.41, 5.74) is 0.708. The molecule has 2 aromatic rings. The van der Waals surface area contributed by atoms with Crippen molar-refractivity contribution >= 4 is 29.7 Å². The number of nitrogens with one attached hydrogen (secondary N) is 2. The minimum absolute atomic E-state index is 0.194. The zero-order valence-corrected chi connectivity index (χ0v) is 16.2. The molecule has 0 aliphatic carbocycles. The Morgan fingerprint density at radius 3 is 1.97 bits per heavy atom. The van der Waals surface area contributed by atoms with Crippen molar-refractivity contribution in [1.82, 2.24) is 15.5 Å². The maximum absolute atomic E-state index is 12.8. The lowest BCUT2D eigenvalue weighted by Crippen LogP contribution is -2.46. The van der Waals surface area contributed by atoms with Gasteiger partial charge in [0.2, 0.25) is 6.10 Å². The molecule has 0 aromatic heterocycles. The molecule has 0 radical (unpaired) electrons. The fourth-order valence-electron chi connectivity index (χ4n) is 3.02. The first-order chi connectivity index (χ1) is 14.3. The molecule has 0 spiro atoms. The van der Waals surface area contributed by atoms with Crippen LogP contribution in [0.4, 0.5) is 4.79 Å². The molecule has 30 heavy (non-hydrogen) atoms. The maximum atomic E-state index is 12.8. The Morgan fingerprint density at radius 1 is 0.900 bits per heavy atom. The Labute approximate surface area is 172 Å². The number of nitrogens with zero attached hydrogens (tertiary/aromatic N) is 1. The van der Waals surface area contributed by atoms with Crippen LogP contribution < -0.4 is 10.6 Å². The molecule has 1 aliphatic rings. The number of esters is 1. The fraction of sp³-hybridized carbons (Fsp3) is 0.190. The number of hydrogen-bond donors (Lipinski definition) is 2. The number of hydrogen-bond acceptors (Lipinski definition) is 6. The van der Waals surface area contributed by atoms with Gasteiger partial charge in [0.25, 0.3) is 17.7 Å². The number of rotatable bonds is 5. The van der Waals surface area contributed by atoms with E-state index in [0.717, 1.165) is 4.90 Å². The molecule has 3 rings (SSSR count). The minimum atomic E-state index is -1.45. The number of urea groups is 1. The maximum Gasteiger partial charge on any atom is 0.330 e. The quantitative estimate of drug-likeness (QED) is 0.569. The van der Waals surface area contributed by atoms with Crippen molar-refractivity contribution < 1.29 is 28.7 Å². The number of imide groups is 2. The van der Waals surface area contributed by atoms with E-state index in [1.165, 1.54) is 26.1 Å². The Bertz CT molecular complexity index is 985. The van der Waals surface area contributed by atoms with E-state index in [0.29, 0.717) is 5.56 Å². The van der Waals surface area contributed by atoms with E-state index < -0.39 is 41.9 Å². The molecule has 0 saturated carbocycles. The van der Waals surface area contributed by atoms with E-state index in [-0.39, 0.29) is 11.1 Å². The Hall–Kier alpha value is -4.01. The van der Waals surface area contributed by atoms with Gasteiger partial charge in [-0.2, -0.15) is 0 Å². The van der Waals surface area contributed by atoms with Crippen LogP contribution in [0, 0.1) is 0 Å². The van der Waals surface area contributed by atoms with Gasteiger partial charge in [0.05, 0.1) is 11.1 Å². The highest BCUT2D eigenvalue weighted by atomic mass is 16.5. The van der Waals surface area contributed by atoms with Crippen LogP contribution in [-0.4, -0.2) is 47.7 Å². The molecule has 2 atom stereocenters. The molecule has 5 amide bonds. The predicted octanol–water partition coefficient (Wildman–Crippen LogP) is 1.41. The SMILES string of the molecule is CNC(=O)NC(=O)[C@@H](OC(=O)[C@H](C)N1C(=O)c2ccccc2C1=O)c1ccccc1. The number of benzene rings is 2. The lowest BCUT2D eigenvalue weighted by Gasteiger charge is -2.24. The molecule has 0 unspecified atom stereocenters. The van der Waals surface area contributed by atoms with Crippen molar-refractivity contribution in [1.29, 1.82) is 0 Å². The van der Waals surface area contributed by atoms with Gasteiger partial charge in [-0.05, 0) is 19.1 Å². The summed E-state index contributed by atoms with van der Waals surface area (Å²) in [6, 6.07) is 12.3. The van der Waals surface area contributed by atoms with Gasteiger partial charge in [-0.15, -0.1) is 0 Å². The van der Waals surface area contributed by atoms with Crippen molar-refractivity contribution in [2.24, 2.45) is 0 Å². The first-order valence-electron chi connectivity index (χ1n) is 9.10. The van der Waals surface area contributed by atoms with Gasteiger partial charge < -0.3 is 10.1 Å². The van der Waals surface area contributed by atoms with Crippen molar-refractivity contribution in [3.63, 3.8) is 0 Å². The van der Waals surface area contributed by atoms with Crippen LogP contribution in [0.15, 0.2) is 54.6 Å². The first-order valence-corrected chi connectivity index (χ1v) is 9.10. The van der Waals surface area contributed by atoms with Gasteiger partial charge in [0.1, 0.15) is 6.04 Å². The minimum Gasteiger partial charge on any atom is -0.446 e. The van der Waals surface area contributed by atoms with E-state index in [1.807, 2.05) is 0 Å². The van der Waals surface area contributed by atoms with Gasteiger partial charge >= 0.3 is 12.0 Å². The number of fused-ring (bicyclic) bond motifs is 1. The zero-order valence-electron chi connectivity index (χ0n) is 16.2. The largest absolute Gasteiger partial charge is 0.446 e. The van der Waals surface area contributed by atoms with Crippen LogP contribution in [0.2, 0.25) is 0 Å². The summed E-state index contributed by atoms with van der Waals surface area (Å²) in [7, 11) is 1.33. The molecule has 0 fully saturated rings. The molecule has 0 saturated heterocycles. The van der Waals surface area contributed by atoms with Crippen LogP contribution >= 0.6 is 0 Å². The molecule has 154 valence electrons. The summed E-state index contributed by atoms with van der Waals surface area (Å²) in [5.74, 6) is -3.08. The van der Waals surface area contributed by atoms with Gasteiger partial charge in [-0.25, -0.2) is 9.59 Å². The van der Waals surface area contributed by atoms with Crippen molar-refractivity contribution in [3.8, 4) is 0 Å². The highest BCUT2D eigenvalue weighted by Gasteiger charge is 2.42. The topological polar surface area (TPSA) is 122 Å². The van der Waals surface area contributed by atoms with Gasteiger partial charge in [0.15, 0.2) is 0 Å². The van der Waals surface area contributed by atoms with Crippen LogP contribution in [0.3, 0.4) is 0 Å². The van der Waals surface area contributed by atoms with Gasteiger partial charge in [-0.1, -0.05) is 42.5 Å². The van der Waals surface area contributed by atoms with Crippen LogP contribution in [0.5, 0.6) is 0 Å². The van der Waals surface area contributed by atoms with Crippen molar-refractivity contribution in [2.45, 2.75) is 19.1 Å². The molecule has 9 heteroatoms.